The minimum atomic E-state index is -0.294. The molecule has 8 heteroatoms. The predicted octanol–water partition coefficient (Wildman–Crippen LogP) is 2.71. The molecule has 1 fully saturated rings. The lowest BCUT2D eigenvalue weighted by atomic mass is 9.98. The van der Waals surface area contributed by atoms with E-state index in [-0.39, 0.29) is 30.9 Å². The molecular formula is C25H30N4O4. The Bertz CT molecular complexity index is 1110. The normalized spacial score (nSPS) is 16.2. The zero-order valence-electron chi connectivity index (χ0n) is 18.9. The van der Waals surface area contributed by atoms with Crippen molar-refractivity contribution < 1.29 is 19.4 Å². The highest BCUT2D eigenvalue weighted by Crippen LogP contribution is 2.27. The molecule has 0 unspecified atom stereocenters. The smallest absolute Gasteiger partial charge is 0.256 e. The van der Waals surface area contributed by atoms with Crippen LogP contribution in [0.15, 0.2) is 48.8 Å². The second kappa shape index (κ2) is 10.6. The van der Waals surface area contributed by atoms with E-state index in [1.807, 2.05) is 22.8 Å². The van der Waals surface area contributed by atoms with Gasteiger partial charge in [-0.25, -0.2) is 4.98 Å². The number of carbonyl (C=O) groups is 2. The van der Waals surface area contributed by atoms with Crippen LogP contribution in [0.1, 0.15) is 28.8 Å². The van der Waals surface area contributed by atoms with E-state index in [1.54, 1.807) is 23.4 Å². The van der Waals surface area contributed by atoms with Crippen LogP contribution in [0.4, 0.5) is 5.69 Å². The molecule has 0 spiro atoms. The van der Waals surface area contributed by atoms with Crippen LogP contribution in [0.25, 0.3) is 11.0 Å². The van der Waals surface area contributed by atoms with Gasteiger partial charge in [-0.3, -0.25) is 9.59 Å². The van der Waals surface area contributed by atoms with Crippen LogP contribution in [0, 0.1) is 5.92 Å². The average molecular weight is 451 g/mol. The van der Waals surface area contributed by atoms with Crippen LogP contribution in [0.5, 0.6) is 0 Å². The molecule has 1 aliphatic heterocycles. The van der Waals surface area contributed by atoms with Crippen LogP contribution in [-0.2, 0) is 22.5 Å². The minimum Gasteiger partial charge on any atom is -0.396 e. The number of hydrogen-bond donors (Lipinski definition) is 2. The predicted molar refractivity (Wildman–Crippen MR) is 126 cm³/mol. The molecule has 0 bridgehead atoms. The van der Waals surface area contributed by atoms with Crippen molar-refractivity contribution in [1.29, 1.82) is 0 Å². The Hall–Kier alpha value is -3.23. The first kappa shape index (κ1) is 22.9. The van der Waals surface area contributed by atoms with Gasteiger partial charge < -0.3 is 24.6 Å². The number of ether oxygens (including phenoxy) is 1. The molecule has 1 aromatic heterocycles. The van der Waals surface area contributed by atoms with Gasteiger partial charge in [-0.2, -0.15) is 0 Å². The molecule has 4 rings (SSSR count). The Kier molecular flexibility index (Phi) is 7.36. The first-order chi connectivity index (χ1) is 16.1. The number of fused-ring (bicyclic) bond motifs is 1. The van der Waals surface area contributed by atoms with Gasteiger partial charge in [-0.15, -0.1) is 0 Å². The molecule has 0 radical (unpaired) electrons. The summed E-state index contributed by atoms with van der Waals surface area (Å²) < 4.78 is 6.91. The van der Waals surface area contributed by atoms with Crippen LogP contribution >= 0.6 is 0 Å². The van der Waals surface area contributed by atoms with Gasteiger partial charge in [0.1, 0.15) is 6.61 Å². The highest BCUT2D eigenvalue weighted by Gasteiger charge is 2.27. The number of aryl methyl sites for hydroxylation is 2. The van der Waals surface area contributed by atoms with Crippen molar-refractivity contribution in [2.45, 2.75) is 25.8 Å². The van der Waals surface area contributed by atoms with E-state index in [0.717, 1.165) is 24.8 Å². The molecule has 1 aliphatic rings. The monoisotopic (exact) mass is 450 g/mol. The van der Waals surface area contributed by atoms with Gasteiger partial charge in [0, 0.05) is 39.0 Å². The fraction of sp³-hybridized carbons (Fsp3) is 0.400. The molecule has 8 nitrogen and oxygen atoms in total. The number of methoxy groups -OCH3 is 1. The second-order valence-corrected chi connectivity index (χ2v) is 8.49. The summed E-state index contributed by atoms with van der Waals surface area (Å²) in [5.41, 5.74) is 3.63. The summed E-state index contributed by atoms with van der Waals surface area (Å²) in [6.07, 6.45) is 4.33. The topological polar surface area (TPSA) is 96.7 Å². The fourth-order valence-corrected chi connectivity index (χ4v) is 4.41. The molecule has 1 saturated heterocycles. The lowest BCUT2D eigenvalue weighted by Gasteiger charge is -2.32. The number of rotatable bonds is 8. The number of piperidine rings is 1. The number of likely N-dealkylation sites (tertiary alicyclic amines) is 1. The third kappa shape index (κ3) is 5.40. The summed E-state index contributed by atoms with van der Waals surface area (Å²) in [6, 6.07) is 13.7. The quantitative estimate of drug-likeness (QED) is 0.550. The van der Waals surface area contributed by atoms with E-state index in [1.165, 1.54) is 12.7 Å². The standard InChI is InChI=1S/C25H30N4O4/c1-33-16-23(31)27-20-12-21(25(32)28-10-5-8-19(14-28)15-30)24-22(13-20)26-17-29(24)11-9-18-6-3-2-4-7-18/h2-4,6-7,12-13,17,19,30H,5,8-11,14-16H2,1H3,(H,27,31)/t19-/m1/s1. The van der Waals surface area contributed by atoms with Gasteiger partial charge in [-0.1, -0.05) is 30.3 Å². The molecule has 3 aromatic rings. The summed E-state index contributed by atoms with van der Waals surface area (Å²) in [7, 11) is 1.46. The Morgan fingerprint density at radius 2 is 2.06 bits per heavy atom. The van der Waals surface area contributed by atoms with E-state index in [9.17, 15) is 14.7 Å². The van der Waals surface area contributed by atoms with Crippen molar-refractivity contribution in [3.05, 3.63) is 59.9 Å². The first-order valence-electron chi connectivity index (χ1n) is 11.3. The first-order valence-corrected chi connectivity index (χ1v) is 11.3. The van der Waals surface area contributed by atoms with Gasteiger partial charge >= 0.3 is 0 Å². The number of benzene rings is 2. The number of carbonyl (C=O) groups excluding carboxylic acids is 2. The molecule has 2 N–H and O–H groups in total. The molecule has 1 atom stereocenters. The minimum absolute atomic E-state index is 0.0707. The number of anilines is 1. The van der Waals surface area contributed by atoms with E-state index in [4.69, 9.17) is 4.74 Å². The SMILES string of the molecule is COCC(=O)Nc1cc(C(=O)N2CCC[C@@H](CO)C2)c2c(c1)ncn2CCc1ccccc1. The number of imidazole rings is 1. The number of aliphatic hydroxyl groups excluding tert-OH is 1. The van der Waals surface area contributed by atoms with Crippen LogP contribution in [-0.4, -0.2) is 64.8 Å². The molecule has 0 saturated carbocycles. The molecule has 2 heterocycles. The molecule has 2 aromatic carbocycles. The number of nitrogens with zero attached hydrogens (tertiary/aromatic N) is 3. The number of nitrogens with one attached hydrogen (secondary N) is 1. The maximum atomic E-state index is 13.6. The van der Waals surface area contributed by atoms with Gasteiger partial charge in [0.05, 0.1) is 22.9 Å². The highest BCUT2D eigenvalue weighted by molar-refractivity contribution is 6.07. The third-order valence-electron chi connectivity index (χ3n) is 6.05. The van der Waals surface area contributed by atoms with Gasteiger partial charge in [0.25, 0.3) is 5.91 Å². The molecule has 2 amide bonds. The van der Waals surface area contributed by atoms with Crippen LogP contribution in [0.2, 0.25) is 0 Å². The summed E-state index contributed by atoms with van der Waals surface area (Å²) in [4.78, 5) is 32.1. The van der Waals surface area contributed by atoms with E-state index >= 15 is 0 Å². The zero-order chi connectivity index (χ0) is 23.2. The summed E-state index contributed by atoms with van der Waals surface area (Å²) in [5.74, 6) is -0.315. The van der Waals surface area contributed by atoms with E-state index in [0.29, 0.717) is 36.4 Å². The van der Waals surface area contributed by atoms with Gasteiger partial charge in [-0.05, 0) is 42.9 Å². The summed E-state index contributed by atoms with van der Waals surface area (Å²) in [5, 5.41) is 12.4. The van der Waals surface area contributed by atoms with Crippen LogP contribution in [0.3, 0.4) is 0 Å². The third-order valence-corrected chi connectivity index (χ3v) is 6.05. The van der Waals surface area contributed by atoms with E-state index < -0.39 is 0 Å². The van der Waals surface area contributed by atoms with Crippen molar-refractivity contribution in [2.75, 3.05) is 38.7 Å². The van der Waals surface area contributed by atoms with Crippen molar-refractivity contribution >= 4 is 28.5 Å². The molecule has 0 aliphatic carbocycles. The second-order valence-electron chi connectivity index (χ2n) is 8.49. The Labute approximate surface area is 193 Å². The van der Waals surface area contributed by atoms with Crippen molar-refractivity contribution in [3.63, 3.8) is 0 Å². The van der Waals surface area contributed by atoms with Crippen molar-refractivity contribution in [3.8, 4) is 0 Å². The average Bonchev–Trinajstić information content (AvgIpc) is 3.25. The highest BCUT2D eigenvalue weighted by atomic mass is 16.5. The largest absolute Gasteiger partial charge is 0.396 e. The number of hydrogen-bond acceptors (Lipinski definition) is 5. The maximum Gasteiger partial charge on any atom is 0.256 e. The van der Waals surface area contributed by atoms with Gasteiger partial charge in [0.2, 0.25) is 5.91 Å². The fourth-order valence-electron chi connectivity index (χ4n) is 4.41. The lowest BCUT2D eigenvalue weighted by Crippen LogP contribution is -2.41. The number of amides is 2. The van der Waals surface area contributed by atoms with E-state index in [2.05, 4.69) is 22.4 Å². The molecule has 33 heavy (non-hydrogen) atoms. The maximum absolute atomic E-state index is 13.6. The van der Waals surface area contributed by atoms with Crippen molar-refractivity contribution in [2.24, 2.45) is 5.92 Å². The number of aliphatic hydroxyl groups is 1. The van der Waals surface area contributed by atoms with Gasteiger partial charge in [0.15, 0.2) is 0 Å². The van der Waals surface area contributed by atoms with Crippen molar-refractivity contribution in [1.82, 2.24) is 14.5 Å². The Balaban J connectivity index is 1.68. The lowest BCUT2D eigenvalue weighted by molar-refractivity contribution is -0.119. The zero-order valence-corrected chi connectivity index (χ0v) is 18.9. The molecular weight excluding hydrogens is 420 g/mol. The van der Waals surface area contributed by atoms with Crippen LogP contribution < -0.4 is 5.32 Å². The Morgan fingerprint density at radius 1 is 1.24 bits per heavy atom. The Morgan fingerprint density at radius 3 is 2.82 bits per heavy atom. The summed E-state index contributed by atoms with van der Waals surface area (Å²) in [6.45, 7) is 1.85. The number of aromatic nitrogens is 2. The summed E-state index contributed by atoms with van der Waals surface area (Å²) >= 11 is 0. The molecule has 174 valence electrons.